The quantitative estimate of drug-likeness (QED) is 0.317. The van der Waals surface area contributed by atoms with Gasteiger partial charge in [-0.05, 0) is 31.4 Å². The normalized spacial score (nSPS) is 16.7. The van der Waals surface area contributed by atoms with Gasteiger partial charge in [-0.2, -0.15) is 0 Å². The lowest BCUT2D eigenvalue weighted by molar-refractivity contribution is 0.245. The highest BCUT2D eigenvalue weighted by atomic mass is 15.3. The minimum Gasteiger partial charge on any atom is -0.389 e. The van der Waals surface area contributed by atoms with Gasteiger partial charge in [0, 0.05) is 48.8 Å². The van der Waals surface area contributed by atoms with E-state index >= 15 is 0 Å². The zero-order valence-corrected chi connectivity index (χ0v) is 17.9. The third-order valence-corrected chi connectivity index (χ3v) is 5.66. The van der Waals surface area contributed by atoms with E-state index in [-0.39, 0.29) is 0 Å². The summed E-state index contributed by atoms with van der Waals surface area (Å²) in [7, 11) is 0. The van der Waals surface area contributed by atoms with Crippen LogP contribution in [0.4, 0.5) is 0 Å². The number of piperazine rings is 1. The number of nitrogens with one attached hydrogen (secondary N) is 1. The van der Waals surface area contributed by atoms with Crippen LogP contribution in [0.3, 0.4) is 0 Å². The molecule has 154 valence electrons. The second-order valence-electron chi connectivity index (χ2n) is 7.94. The summed E-state index contributed by atoms with van der Waals surface area (Å²) in [6, 6.07) is 0. The molecule has 0 unspecified atom stereocenters. The molecule has 3 heteroatoms. The largest absolute Gasteiger partial charge is 0.389 e. The highest BCUT2D eigenvalue weighted by Crippen LogP contribution is 2.30. The molecule has 0 amide bonds. The zero-order chi connectivity index (χ0) is 20.4. The van der Waals surface area contributed by atoms with E-state index in [0.29, 0.717) is 0 Å². The molecule has 0 bridgehead atoms. The Labute approximate surface area is 172 Å². The van der Waals surface area contributed by atoms with Gasteiger partial charge in [-0.1, -0.05) is 70.6 Å². The Morgan fingerprint density at radius 2 is 1.93 bits per heavy atom. The van der Waals surface area contributed by atoms with Crippen molar-refractivity contribution < 1.29 is 0 Å². The summed E-state index contributed by atoms with van der Waals surface area (Å²) in [5, 5.41) is 3.50. The van der Waals surface area contributed by atoms with Crippen LogP contribution in [0.5, 0.6) is 0 Å². The fourth-order valence-electron chi connectivity index (χ4n) is 3.80. The first kappa shape index (κ1) is 22.1. The maximum absolute atomic E-state index is 4.29. The maximum atomic E-state index is 4.29. The number of hydrogen-bond donors (Lipinski definition) is 1. The van der Waals surface area contributed by atoms with Gasteiger partial charge in [0.25, 0.3) is 0 Å². The molecule has 0 aromatic rings. The van der Waals surface area contributed by atoms with Gasteiger partial charge >= 0.3 is 0 Å². The summed E-state index contributed by atoms with van der Waals surface area (Å²) in [6.45, 7) is 22.4. The summed E-state index contributed by atoms with van der Waals surface area (Å²) in [5.41, 5.74) is 6.16. The smallest absolute Gasteiger partial charge is 0.0576 e. The Kier molecular flexibility index (Phi) is 9.19. The van der Waals surface area contributed by atoms with E-state index in [1.165, 1.54) is 49.1 Å². The fourth-order valence-corrected chi connectivity index (χ4v) is 3.80. The second kappa shape index (κ2) is 11.6. The lowest BCUT2D eigenvalue weighted by Crippen LogP contribution is -2.42. The number of nitrogens with zero attached hydrogens (tertiary/aromatic N) is 2. The maximum Gasteiger partial charge on any atom is 0.0576 e. The van der Waals surface area contributed by atoms with Crippen LogP contribution in [0.1, 0.15) is 58.3 Å². The van der Waals surface area contributed by atoms with Gasteiger partial charge in [0.15, 0.2) is 0 Å². The van der Waals surface area contributed by atoms with E-state index in [9.17, 15) is 0 Å². The van der Waals surface area contributed by atoms with Crippen molar-refractivity contribution in [3.8, 4) is 0 Å². The average molecular weight is 382 g/mol. The van der Waals surface area contributed by atoms with Crippen molar-refractivity contribution in [3.63, 3.8) is 0 Å². The van der Waals surface area contributed by atoms with E-state index in [4.69, 9.17) is 0 Å². The molecule has 1 saturated heterocycles. The van der Waals surface area contributed by atoms with Crippen LogP contribution in [-0.4, -0.2) is 36.0 Å². The van der Waals surface area contributed by atoms with Gasteiger partial charge in [-0.3, -0.25) is 0 Å². The van der Waals surface area contributed by atoms with E-state index in [0.717, 1.165) is 56.8 Å². The molecule has 2 aliphatic rings. The minimum absolute atomic E-state index is 0.830. The Balaban J connectivity index is 1.64. The Morgan fingerprint density at radius 3 is 2.64 bits per heavy atom. The van der Waals surface area contributed by atoms with Crippen molar-refractivity contribution in [2.45, 2.75) is 58.3 Å². The minimum atomic E-state index is 0.830. The summed E-state index contributed by atoms with van der Waals surface area (Å²) >= 11 is 0. The van der Waals surface area contributed by atoms with Crippen LogP contribution in [0.25, 0.3) is 0 Å². The molecular formula is C25H39N3. The number of unbranched alkanes of at least 4 members (excludes halogenated alkanes) is 4. The SMILES string of the molecule is C=CC(=C)N1CCN(C2=CC=C(CCC(=C)NCCCCCCC)C2)C(=C)C1. The predicted octanol–water partition coefficient (Wildman–Crippen LogP) is 5.89. The summed E-state index contributed by atoms with van der Waals surface area (Å²) in [5.74, 6) is 0. The van der Waals surface area contributed by atoms with Crippen LogP contribution in [-0.2, 0) is 0 Å². The predicted molar refractivity (Wildman–Crippen MR) is 123 cm³/mol. The summed E-state index contributed by atoms with van der Waals surface area (Å²) < 4.78 is 0. The first-order chi connectivity index (χ1) is 13.5. The first-order valence-electron chi connectivity index (χ1n) is 10.9. The van der Waals surface area contributed by atoms with E-state index in [1.807, 2.05) is 6.08 Å². The van der Waals surface area contributed by atoms with Gasteiger partial charge in [-0.25, -0.2) is 0 Å². The number of hydrogen-bond acceptors (Lipinski definition) is 3. The Bertz CT molecular complexity index is 638. The first-order valence-corrected chi connectivity index (χ1v) is 10.9. The molecule has 28 heavy (non-hydrogen) atoms. The van der Waals surface area contributed by atoms with E-state index in [2.05, 4.69) is 60.5 Å². The van der Waals surface area contributed by atoms with Crippen molar-refractivity contribution in [2.75, 3.05) is 26.2 Å². The van der Waals surface area contributed by atoms with Gasteiger partial charge < -0.3 is 15.1 Å². The lowest BCUT2D eigenvalue weighted by atomic mass is 10.1. The highest BCUT2D eigenvalue weighted by Gasteiger charge is 2.24. The Hall–Kier alpha value is -2.16. The number of allylic oxidation sites excluding steroid dienone is 5. The van der Waals surface area contributed by atoms with Gasteiger partial charge in [0.2, 0.25) is 0 Å². The molecule has 2 rings (SSSR count). The molecule has 1 aliphatic carbocycles. The van der Waals surface area contributed by atoms with Crippen molar-refractivity contribution >= 4 is 0 Å². The monoisotopic (exact) mass is 381 g/mol. The molecule has 1 heterocycles. The molecule has 0 spiro atoms. The lowest BCUT2D eigenvalue weighted by Gasteiger charge is -2.39. The van der Waals surface area contributed by atoms with Crippen molar-refractivity contribution in [1.29, 1.82) is 0 Å². The van der Waals surface area contributed by atoms with E-state index in [1.54, 1.807) is 0 Å². The van der Waals surface area contributed by atoms with Crippen molar-refractivity contribution in [1.82, 2.24) is 15.1 Å². The standard InChI is InChI=1S/C25H39N3/c1-6-8-9-10-11-16-26-21(3)12-13-24-14-15-25(19-24)28-18-17-27(20-23(28)5)22(4)7-2/h7,14-15,26H,2-6,8-13,16-20H2,1H3. The van der Waals surface area contributed by atoms with Crippen molar-refractivity contribution in [2.24, 2.45) is 0 Å². The van der Waals surface area contributed by atoms with Gasteiger partial charge in [0.05, 0.1) is 6.54 Å². The molecular weight excluding hydrogens is 342 g/mol. The van der Waals surface area contributed by atoms with Crippen LogP contribution in [0.2, 0.25) is 0 Å². The molecule has 0 aromatic heterocycles. The fraction of sp³-hybridized carbons (Fsp3) is 0.520. The van der Waals surface area contributed by atoms with Crippen molar-refractivity contribution in [3.05, 3.63) is 72.9 Å². The molecule has 1 N–H and O–H groups in total. The summed E-state index contributed by atoms with van der Waals surface area (Å²) in [6.07, 6.45) is 16.1. The third-order valence-electron chi connectivity index (χ3n) is 5.66. The van der Waals surface area contributed by atoms with Crippen LogP contribution < -0.4 is 5.32 Å². The van der Waals surface area contributed by atoms with E-state index < -0.39 is 0 Å². The molecule has 1 fully saturated rings. The highest BCUT2D eigenvalue weighted by molar-refractivity contribution is 5.33. The van der Waals surface area contributed by atoms with Gasteiger partial charge in [-0.15, -0.1) is 0 Å². The molecule has 0 atom stereocenters. The topological polar surface area (TPSA) is 18.5 Å². The number of rotatable bonds is 13. The molecule has 0 aromatic carbocycles. The average Bonchev–Trinajstić information content (AvgIpc) is 3.17. The molecule has 0 saturated carbocycles. The summed E-state index contributed by atoms with van der Waals surface area (Å²) in [4.78, 5) is 4.62. The van der Waals surface area contributed by atoms with Crippen LogP contribution >= 0.6 is 0 Å². The Morgan fingerprint density at radius 1 is 1.14 bits per heavy atom. The second-order valence-corrected chi connectivity index (χ2v) is 7.94. The third kappa shape index (κ3) is 6.78. The molecule has 0 radical (unpaired) electrons. The van der Waals surface area contributed by atoms with Crippen LogP contribution in [0.15, 0.2) is 72.9 Å². The zero-order valence-electron chi connectivity index (χ0n) is 17.9. The van der Waals surface area contributed by atoms with Gasteiger partial charge in [0.1, 0.15) is 0 Å². The van der Waals surface area contributed by atoms with Crippen LogP contribution in [0, 0.1) is 0 Å². The molecule has 1 aliphatic heterocycles. The molecule has 3 nitrogen and oxygen atoms in total.